The fraction of sp³-hybridized carbons (Fsp3) is 0.500. The molecule has 0 aliphatic carbocycles. The zero-order valence-electron chi connectivity index (χ0n) is 4.91. The van der Waals surface area contributed by atoms with Crippen LogP contribution < -0.4 is 0 Å². The molecular formula is C6H8O3. The minimum absolute atomic E-state index is 0.311. The summed E-state index contributed by atoms with van der Waals surface area (Å²) in [7, 11) is 0. The summed E-state index contributed by atoms with van der Waals surface area (Å²) in [6.45, 7) is 0.857. The molecule has 0 aromatic heterocycles. The smallest absolute Gasteiger partial charge is 0.312 e. The summed E-state index contributed by atoms with van der Waals surface area (Å²) in [6.07, 6.45) is 3.38. The molecular weight excluding hydrogens is 120 g/mol. The predicted octanol–water partition coefficient (Wildman–Crippen LogP) is 0.274. The Morgan fingerprint density at radius 1 is 1.78 bits per heavy atom. The van der Waals surface area contributed by atoms with Crippen molar-refractivity contribution in [3.63, 3.8) is 0 Å². The third-order valence-corrected chi connectivity index (χ3v) is 1.20. The van der Waals surface area contributed by atoms with E-state index in [4.69, 9.17) is 9.84 Å². The first-order chi connectivity index (χ1) is 4.30. The maximum atomic E-state index is 10.2. The first-order valence-electron chi connectivity index (χ1n) is 2.78. The van der Waals surface area contributed by atoms with Gasteiger partial charge >= 0.3 is 5.97 Å². The molecule has 9 heavy (non-hydrogen) atoms. The Morgan fingerprint density at radius 3 is 2.89 bits per heavy atom. The molecule has 1 heterocycles. The monoisotopic (exact) mass is 128 g/mol. The van der Waals surface area contributed by atoms with E-state index in [2.05, 4.69) is 0 Å². The Morgan fingerprint density at radius 2 is 2.56 bits per heavy atom. The van der Waals surface area contributed by atoms with Crippen LogP contribution in [-0.4, -0.2) is 24.3 Å². The van der Waals surface area contributed by atoms with Gasteiger partial charge in [-0.2, -0.15) is 0 Å². The molecule has 1 aliphatic rings. The van der Waals surface area contributed by atoms with Crippen LogP contribution in [0.15, 0.2) is 12.2 Å². The predicted molar refractivity (Wildman–Crippen MR) is 31.1 cm³/mol. The topological polar surface area (TPSA) is 46.5 Å². The quantitative estimate of drug-likeness (QED) is 0.516. The number of ether oxygens (including phenoxy) is 1. The van der Waals surface area contributed by atoms with Crippen molar-refractivity contribution in [3.05, 3.63) is 12.2 Å². The Labute approximate surface area is 52.9 Å². The lowest BCUT2D eigenvalue weighted by molar-refractivity contribution is -0.142. The van der Waals surface area contributed by atoms with Crippen LogP contribution in [0, 0.1) is 5.92 Å². The van der Waals surface area contributed by atoms with E-state index in [1.165, 1.54) is 0 Å². The van der Waals surface area contributed by atoms with Gasteiger partial charge in [-0.25, -0.2) is 0 Å². The molecule has 1 aliphatic heterocycles. The van der Waals surface area contributed by atoms with Gasteiger partial charge in [0.2, 0.25) is 0 Å². The van der Waals surface area contributed by atoms with Gasteiger partial charge in [0, 0.05) is 0 Å². The van der Waals surface area contributed by atoms with E-state index in [0.717, 1.165) is 0 Å². The van der Waals surface area contributed by atoms with E-state index in [1.807, 2.05) is 0 Å². The molecule has 0 fully saturated rings. The number of aliphatic carboxylic acids is 1. The number of carbonyl (C=O) groups is 1. The summed E-state index contributed by atoms with van der Waals surface area (Å²) in [5.74, 6) is -1.25. The van der Waals surface area contributed by atoms with Gasteiger partial charge in [-0.3, -0.25) is 4.79 Å². The highest BCUT2D eigenvalue weighted by atomic mass is 16.5. The molecule has 0 radical (unpaired) electrons. The van der Waals surface area contributed by atoms with Crippen LogP contribution in [0.5, 0.6) is 0 Å². The molecule has 50 valence electrons. The third kappa shape index (κ3) is 1.54. The van der Waals surface area contributed by atoms with Gasteiger partial charge in [0.25, 0.3) is 0 Å². The second-order valence-corrected chi connectivity index (χ2v) is 1.91. The van der Waals surface area contributed by atoms with Crippen molar-refractivity contribution in [1.29, 1.82) is 0 Å². The molecule has 1 atom stereocenters. The van der Waals surface area contributed by atoms with Crippen LogP contribution in [0.2, 0.25) is 0 Å². The molecule has 0 aromatic carbocycles. The van der Waals surface area contributed by atoms with E-state index in [0.29, 0.717) is 13.2 Å². The van der Waals surface area contributed by atoms with Gasteiger partial charge in [0.15, 0.2) is 0 Å². The summed E-state index contributed by atoms with van der Waals surface area (Å²) in [5.41, 5.74) is 0. The standard InChI is InChI=1S/C6H8O3/c7-6(8)5-2-1-3-9-4-5/h1-2,5H,3-4H2,(H,7,8). The minimum Gasteiger partial charge on any atom is -0.481 e. The largest absolute Gasteiger partial charge is 0.481 e. The summed E-state index contributed by atoms with van der Waals surface area (Å²) in [5, 5.41) is 8.41. The molecule has 3 nitrogen and oxygen atoms in total. The number of carboxylic acid groups (broad SMARTS) is 1. The molecule has 3 heteroatoms. The average Bonchev–Trinajstić information content (AvgIpc) is 1.90. The fourth-order valence-corrected chi connectivity index (χ4v) is 0.692. The van der Waals surface area contributed by atoms with E-state index >= 15 is 0 Å². The number of carboxylic acids is 1. The normalized spacial score (nSPS) is 26.0. The molecule has 0 aromatic rings. The Bertz CT molecular complexity index is 139. The first kappa shape index (κ1) is 6.29. The molecule has 0 amide bonds. The maximum Gasteiger partial charge on any atom is 0.312 e. The van der Waals surface area contributed by atoms with Crippen molar-refractivity contribution >= 4 is 5.97 Å². The van der Waals surface area contributed by atoms with Gasteiger partial charge in [0.05, 0.1) is 19.1 Å². The van der Waals surface area contributed by atoms with Crippen molar-refractivity contribution in [1.82, 2.24) is 0 Å². The van der Waals surface area contributed by atoms with E-state index < -0.39 is 11.9 Å². The summed E-state index contributed by atoms with van der Waals surface area (Å²) >= 11 is 0. The Kier molecular flexibility index (Phi) is 1.85. The number of rotatable bonds is 1. The van der Waals surface area contributed by atoms with Gasteiger partial charge in [-0.15, -0.1) is 0 Å². The molecule has 1 N–H and O–H groups in total. The zero-order valence-corrected chi connectivity index (χ0v) is 4.91. The van der Waals surface area contributed by atoms with Gasteiger partial charge in [-0.05, 0) is 0 Å². The van der Waals surface area contributed by atoms with Gasteiger partial charge in [-0.1, -0.05) is 12.2 Å². The van der Waals surface area contributed by atoms with Crippen molar-refractivity contribution in [2.45, 2.75) is 0 Å². The second-order valence-electron chi connectivity index (χ2n) is 1.91. The van der Waals surface area contributed by atoms with Crippen LogP contribution in [0.4, 0.5) is 0 Å². The minimum atomic E-state index is -0.814. The lowest BCUT2D eigenvalue weighted by atomic mass is 10.1. The van der Waals surface area contributed by atoms with Crippen LogP contribution in [0.1, 0.15) is 0 Å². The summed E-state index contributed by atoms with van der Waals surface area (Å²) in [6, 6.07) is 0. The van der Waals surface area contributed by atoms with Crippen molar-refractivity contribution in [2.75, 3.05) is 13.2 Å². The van der Waals surface area contributed by atoms with E-state index in [1.54, 1.807) is 12.2 Å². The molecule has 1 rings (SSSR count). The third-order valence-electron chi connectivity index (χ3n) is 1.20. The highest BCUT2D eigenvalue weighted by Crippen LogP contribution is 2.04. The van der Waals surface area contributed by atoms with Crippen LogP contribution in [0.25, 0.3) is 0 Å². The number of hydrogen-bond donors (Lipinski definition) is 1. The van der Waals surface area contributed by atoms with Crippen molar-refractivity contribution in [3.8, 4) is 0 Å². The molecule has 0 bridgehead atoms. The highest BCUT2D eigenvalue weighted by Gasteiger charge is 2.15. The van der Waals surface area contributed by atoms with Crippen molar-refractivity contribution < 1.29 is 14.6 Å². The lowest BCUT2D eigenvalue weighted by Crippen LogP contribution is -2.20. The fourth-order valence-electron chi connectivity index (χ4n) is 0.692. The van der Waals surface area contributed by atoms with E-state index in [-0.39, 0.29) is 0 Å². The Hall–Kier alpha value is -0.830. The number of hydrogen-bond acceptors (Lipinski definition) is 2. The first-order valence-corrected chi connectivity index (χ1v) is 2.78. The zero-order chi connectivity index (χ0) is 6.69. The Balaban J connectivity index is 2.50. The highest BCUT2D eigenvalue weighted by molar-refractivity contribution is 5.72. The van der Waals surface area contributed by atoms with E-state index in [9.17, 15) is 4.79 Å². The lowest BCUT2D eigenvalue weighted by Gasteiger charge is -2.11. The molecule has 0 saturated carbocycles. The van der Waals surface area contributed by atoms with Crippen LogP contribution >= 0.6 is 0 Å². The molecule has 0 spiro atoms. The van der Waals surface area contributed by atoms with Crippen LogP contribution in [-0.2, 0) is 9.53 Å². The SMILES string of the molecule is O=C(O)C1C=CCOC1. The molecule has 1 unspecified atom stereocenters. The summed E-state index contributed by atoms with van der Waals surface area (Å²) in [4.78, 5) is 10.2. The average molecular weight is 128 g/mol. The maximum absolute atomic E-state index is 10.2. The van der Waals surface area contributed by atoms with Gasteiger partial charge in [0.1, 0.15) is 0 Å². The molecule has 0 saturated heterocycles. The van der Waals surface area contributed by atoms with Crippen LogP contribution in [0.3, 0.4) is 0 Å². The summed E-state index contributed by atoms with van der Waals surface area (Å²) < 4.78 is 4.88. The van der Waals surface area contributed by atoms with Crippen molar-refractivity contribution in [2.24, 2.45) is 5.92 Å². The second kappa shape index (κ2) is 2.64. The van der Waals surface area contributed by atoms with Gasteiger partial charge < -0.3 is 9.84 Å².